The van der Waals surface area contributed by atoms with Gasteiger partial charge in [0.25, 0.3) is 0 Å². The lowest BCUT2D eigenvalue weighted by Crippen LogP contribution is -2.43. The highest BCUT2D eigenvalue weighted by Crippen LogP contribution is 2.18. The first-order valence-electron chi connectivity index (χ1n) is 25.9. The maximum atomic E-state index is 13.6. The van der Waals surface area contributed by atoms with Gasteiger partial charge in [0, 0.05) is 44.2 Å². The number of hydrogen-bond acceptors (Lipinski definition) is 14. The largest absolute Gasteiger partial charge is 0.465 e. The second-order valence-electron chi connectivity index (χ2n) is 18.3. The Morgan fingerprint density at radius 2 is 0.909 bits per heavy atom. The number of nitrogens with zero attached hydrogens (tertiary/aromatic N) is 2. The molecule has 2 heterocycles. The zero-order valence-corrected chi connectivity index (χ0v) is 41.2. The highest BCUT2D eigenvalue weighted by molar-refractivity contribution is 5.73. The monoisotopic (exact) mass is 937 g/mol. The summed E-state index contributed by atoms with van der Waals surface area (Å²) in [4.78, 5) is 81.5. The number of hydrogen-bond donors (Lipinski definition) is 1. The van der Waals surface area contributed by atoms with E-state index in [9.17, 15) is 33.9 Å². The molecule has 2 aliphatic heterocycles. The molecule has 0 radical (unpaired) electrons. The average Bonchev–Trinajstić information content (AvgIpc) is 3.51. The first kappa shape index (κ1) is 58.4. The van der Waals surface area contributed by atoms with E-state index in [-0.39, 0.29) is 89.5 Å². The van der Waals surface area contributed by atoms with Gasteiger partial charge in [-0.2, -0.15) is 0 Å². The summed E-state index contributed by atoms with van der Waals surface area (Å²) in [5.74, 6) is -3.78. The van der Waals surface area contributed by atoms with E-state index in [2.05, 4.69) is 25.7 Å². The third-order valence-electron chi connectivity index (χ3n) is 12.1. The number of aliphatic hydroxyl groups is 1. The van der Waals surface area contributed by atoms with Crippen LogP contribution in [0.5, 0.6) is 0 Å². The molecule has 3 atom stereocenters. The lowest BCUT2D eigenvalue weighted by atomic mass is 10.1. The van der Waals surface area contributed by atoms with Crippen LogP contribution in [0.1, 0.15) is 188 Å². The second-order valence-corrected chi connectivity index (χ2v) is 18.3. The maximum absolute atomic E-state index is 13.6. The van der Waals surface area contributed by atoms with Crippen molar-refractivity contribution in [2.45, 2.75) is 200 Å². The van der Waals surface area contributed by atoms with E-state index < -0.39 is 48.7 Å². The standard InChI is InChI=1S/C51H88N2O13/c1-4-7-10-13-16-20-25-46(55)62-39-42(38-54)34-49(58)65-44-28-29-45(37-53(36-44)51(60)61-33-32-52-30-23-19-24-31-52)66-50(59)35-43(40-63-47(56)26-21-17-14-11-8-5-2)41-64-48(57)27-22-18-15-12-9-6-3/h28-29,42-45,54H,4-27,30-41H2,1-3H3/t42?,44-,45+/m0/s1. The molecule has 1 unspecified atom stereocenters. The molecule has 2 aliphatic rings. The quantitative estimate of drug-likeness (QED) is 0.0269. The molecule has 1 N–H and O–H groups in total. The van der Waals surface area contributed by atoms with Crippen molar-refractivity contribution in [2.24, 2.45) is 11.8 Å². The van der Waals surface area contributed by atoms with Crippen LogP contribution in [0, 0.1) is 11.8 Å². The first-order chi connectivity index (χ1) is 32.1. The van der Waals surface area contributed by atoms with Crippen molar-refractivity contribution in [3.8, 4) is 0 Å². The molecule has 0 aliphatic carbocycles. The Labute approximate surface area is 396 Å². The summed E-state index contributed by atoms with van der Waals surface area (Å²) in [6.07, 6.45) is 22.7. The zero-order valence-electron chi connectivity index (χ0n) is 41.2. The predicted molar refractivity (Wildman–Crippen MR) is 252 cm³/mol. The summed E-state index contributed by atoms with van der Waals surface area (Å²) in [5.41, 5.74) is 0. The van der Waals surface area contributed by atoms with Gasteiger partial charge in [-0.25, -0.2) is 4.79 Å². The summed E-state index contributed by atoms with van der Waals surface area (Å²) in [6.45, 7) is 8.11. The number of amides is 1. The molecule has 2 rings (SSSR count). The third kappa shape index (κ3) is 29.8. The van der Waals surface area contributed by atoms with E-state index in [4.69, 9.17) is 28.4 Å². The first-order valence-corrected chi connectivity index (χ1v) is 25.9. The number of esters is 5. The summed E-state index contributed by atoms with van der Waals surface area (Å²) in [6, 6.07) is 0. The van der Waals surface area contributed by atoms with E-state index in [1.54, 1.807) is 12.2 Å². The van der Waals surface area contributed by atoms with Gasteiger partial charge in [-0.3, -0.25) is 28.9 Å². The van der Waals surface area contributed by atoms with Gasteiger partial charge in [0.15, 0.2) is 0 Å². The normalized spacial score (nSPS) is 16.9. The molecule has 1 saturated heterocycles. The van der Waals surface area contributed by atoms with E-state index in [0.29, 0.717) is 19.4 Å². The number of ether oxygens (including phenoxy) is 6. The van der Waals surface area contributed by atoms with E-state index in [1.807, 2.05) is 0 Å². The van der Waals surface area contributed by atoms with Gasteiger partial charge >= 0.3 is 35.9 Å². The van der Waals surface area contributed by atoms with Gasteiger partial charge < -0.3 is 38.4 Å². The van der Waals surface area contributed by atoms with Crippen LogP contribution in [0.3, 0.4) is 0 Å². The van der Waals surface area contributed by atoms with Crippen molar-refractivity contribution in [2.75, 3.05) is 65.8 Å². The van der Waals surface area contributed by atoms with Crippen LogP contribution >= 0.6 is 0 Å². The molecule has 0 aromatic heterocycles. The molecular formula is C51H88N2O13. The van der Waals surface area contributed by atoms with Gasteiger partial charge in [-0.05, 0) is 57.3 Å². The Morgan fingerprint density at radius 3 is 1.33 bits per heavy atom. The SMILES string of the molecule is CCCCCCCCC(=O)OCC(COC(=O)CCCCCCCC)CC(=O)O[C@@H]1C=C[C@H](OC(=O)CC(CO)COC(=O)CCCCCCCC)CN(C(=O)OCCN2CCCCC2)C1. The van der Waals surface area contributed by atoms with Gasteiger partial charge in [0.05, 0.1) is 45.8 Å². The number of carbonyl (C=O) groups excluding carboxylic acids is 6. The molecular weight excluding hydrogens is 849 g/mol. The molecule has 380 valence electrons. The number of rotatable bonds is 37. The fourth-order valence-electron chi connectivity index (χ4n) is 7.96. The van der Waals surface area contributed by atoms with Crippen LogP contribution < -0.4 is 0 Å². The number of piperidine rings is 1. The lowest BCUT2D eigenvalue weighted by Gasteiger charge is -2.28. The molecule has 0 saturated carbocycles. The van der Waals surface area contributed by atoms with Crippen LogP contribution in [-0.4, -0.2) is 129 Å². The van der Waals surface area contributed by atoms with Crippen LogP contribution in [0.2, 0.25) is 0 Å². The second kappa shape index (κ2) is 38.3. The van der Waals surface area contributed by atoms with Crippen molar-refractivity contribution >= 4 is 35.9 Å². The summed E-state index contributed by atoms with van der Waals surface area (Å²) >= 11 is 0. The fourth-order valence-corrected chi connectivity index (χ4v) is 7.96. The smallest absolute Gasteiger partial charge is 0.410 e. The van der Waals surface area contributed by atoms with Crippen LogP contribution in [-0.2, 0) is 52.4 Å². The minimum Gasteiger partial charge on any atom is -0.465 e. The third-order valence-corrected chi connectivity index (χ3v) is 12.1. The predicted octanol–water partition coefficient (Wildman–Crippen LogP) is 9.19. The Morgan fingerprint density at radius 1 is 0.515 bits per heavy atom. The van der Waals surface area contributed by atoms with Crippen molar-refractivity contribution in [3.05, 3.63) is 12.2 Å². The number of aliphatic hydroxyl groups excluding tert-OH is 1. The minimum absolute atomic E-state index is 0.0817. The van der Waals surface area contributed by atoms with E-state index in [1.165, 1.54) is 17.7 Å². The Bertz CT molecular complexity index is 1340. The maximum Gasteiger partial charge on any atom is 0.410 e. The highest BCUT2D eigenvalue weighted by atomic mass is 16.6. The Kier molecular flexibility index (Phi) is 33.9. The van der Waals surface area contributed by atoms with Gasteiger partial charge in [0.2, 0.25) is 0 Å². The highest BCUT2D eigenvalue weighted by Gasteiger charge is 2.30. The van der Waals surface area contributed by atoms with Crippen LogP contribution in [0.25, 0.3) is 0 Å². The van der Waals surface area contributed by atoms with Gasteiger partial charge in [0.1, 0.15) is 18.8 Å². The number of carbonyl (C=O) groups is 6. The van der Waals surface area contributed by atoms with Crippen molar-refractivity contribution in [3.63, 3.8) is 0 Å². The molecule has 15 heteroatoms. The summed E-state index contributed by atoms with van der Waals surface area (Å²) in [5, 5.41) is 9.98. The minimum atomic E-state index is -0.946. The molecule has 0 aromatic carbocycles. The Balaban J connectivity index is 2.07. The topological polar surface area (TPSA) is 185 Å². The molecule has 0 spiro atoms. The van der Waals surface area contributed by atoms with Gasteiger partial charge in [-0.15, -0.1) is 0 Å². The van der Waals surface area contributed by atoms with Crippen molar-refractivity contribution < 1.29 is 62.3 Å². The van der Waals surface area contributed by atoms with Crippen LogP contribution in [0.4, 0.5) is 4.79 Å². The van der Waals surface area contributed by atoms with E-state index in [0.717, 1.165) is 122 Å². The molecule has 66 heavy (non-hydrogen) atoms. The van der Waals surface area contributed by atoms with E-state index >= 15 is 0 Å². The van der Waals surface area contributed by atoms with Crippen molar-refractivity contribution in [1.29, 1.82) is 0 Å². The zero-order chi connectivity index (χ0) is 48.0. The Hall–Kier alpha value is -3.72. The van der Waals surface area contributed by atoms with Crippen LogP contribution in [0.15, 0.2) is 12.2 Å². The summed E-state index contributed by atoms with van der Waals surface area (Å²) < 4.78 is 33.8. The molecule has 0 bridgehead atoms. The molecule has 0 aromatic rings. The van der Waals surface area contributed by atoms with Gasteiger partial charge in [-0.1, -0.05) is 124 Å². The number of likely N-dealkylation sites (tertiary alicyclic amines) is 1. The molecule has 1 amide bonds. The molecule has 15 nitrogen and oxygen atoms in total. The van der Waals surface area contributed by atoms with Crippen molar-refractivity contribution in [1.82, 2.24) is 9.80 Å². The fraction of sp³-hybridized carbons (Fsp3) is 0.843. The summed E-state index contributed by atoms with van der Waals surface area (Å²) in [7, 11) is 0. The number of unbranched alkanes of at least 4 members (excludes halogenated alkanes) is 15. The average molecular weight is 937 g/mol. The lowest BCUT2D eigenvalue weighted by molar-refractivity contribution is -0.156. The molecule has 1 fully saturated rings.